The second-order valence-electron chi connectivity index (χ2n) is 8.31. The summed E-state index contributed by atoms with van der Waals surface area (Å²) in [5.74, 6) is -2.03. The van der Waals surface area contributed by atoms with Gasteiger partial charge in [0.1, 0.15) is 22.9 Å². The maximum Gasteiger partial charge on any atom is 0.323 e. The second-order valence-corrected chi connectivity index (χ2v) is 9.99. The Hall–Kier alpha value is -4.36. The number of benzene rings is 2. The number of hydrogen-bond donors (Lipinski definition) is 5. The lowest BCUT2D eigenvalue weighted by molar-refractivity contribution is -0.138. The number of nitrogens with two attached hydrogens (primary N) is 1. The number of carbonyl (C=O) groups is 2. The molecule has 0 spiro atoms. The summed E-state index contributed by atoms with van der Waals surface area (Å²) in [6.07, 6.45) is 1.11. The molecule has 1 unspecified atom stereocenters. The van der Waals surface area contributed by atoms with Gasteiger partial charge in [-0.05, 0) is 17.7 Å². The molecule has 0 radical (unpaired) electrons. The fourth-order valence-corrected chi connectivity index (χ4v) is 5.14. The summed E-state index contributed by atoms with van der Waals surface area (Å²) in [6.45, 7) is -0.474. The van der Waals surface area contributed by atoms with Gasteiger partial charge >= 0.3 is 5.97 Å². The number of aromatic nitrogens is 1. The maximum absolute atomic E-state index is 12.9. The molecule has 12 nitrogen and oxygen atoms in total. The molecule has 13 heteroatoms. The Bertz CT molecular complexity index is 1480. The van der Waals surface area contributed by atoms with Crippen LogP contribution in [0.2, 0.25) is 0 Å². The number of amides is 1. The molecule has 1 amide bonds. The number of fused-ring (bicyclic) bond motifs is 1. The van der Waals surface area contributed by atoms with Gasteiger partial charge in [0.05, 0.1) is 17.6 Å². The highest BCUT2D eigenvalue weighted by Crippen LogP contribution is 2.21. The van der Waals surface area contributed by atoms with Crippen molar-refractivity contribution in [2.75, 3.05) is 6.54 Å². The van der Waals surface area contributed by atoms with Crippen molar-refractivity contribution in [1.82, 2.24) is 15.0 Å². The molecule has 0 fully saturated rings. The van der Waals surface area contributed by atoms with Gasteiger partial charge in [0.25, 0.3) is 0 Å². The van der Waals surface area contributed by atoms with Gasteiger partial charge in [0.15, 0.2) is 0 Å². The molecule has 3 aromatic rings. The minimum absolute atomic E-state index is 0.0542. The zero-order chi connectivity index (χ0) is 26.6. The lowest BCUT2D eigenvalue weighted by atomic mass is 10.0. The van der Waals surface area contributed by atoms with Gasteiger partial charge in [-0.1, -0.05) is 47.6 Å². The molecule has 1 aliphatic rings. The number of oxime groups is 1. The Morgan fingerprint density at radius 3 is 2.59 bits per heavy atom. The van der Waals surface area contributed by atoms with Crippen molar-refractivity contribution < 1.29 is 28.0 Å². The summed E-state index contributed by atoms with van der Waals surface area (Å²) in [7, 11) is -4.26. The maximum atomic E-state index is 12.9. The number of aliphatic carboxylic acids is 1. The number of sulfonamides is 1. The number of rotatable bonds is 10. The standard InChI is InChI=1S/C24H24N6O6S/c25-23(26)16-8-6-14(7-9-16)18-11-17(36-29-18)12-21(31)28-13-19(24(32)33)30-37(34,35)20-5-1-3-15-4-2-10-27-22(15)20/h1-10,17,19,30H,11-13H2,(H3,25,26)(H,28,31)(H,32,33)/t17?,19-/m0/s1. The average Bonchev–Trinajstić information content (AvgIpc) is 3.34. The molecule has 0 bridgehead atoms. The third kappa shape index (κ3) is 6.08. The van der Waals surface area contributed by atoms with E-state index in [0.29, 0.717) is 23.1 Å². The first-order valence-electron chi connectivity index (χ1n) is 11.2. The number of pyridine rings is 1. The van der Waals surface area contributed by atoms with Gasteiger partial charge in [0.2, 0.25) is 15.9 Å². The van der Waals surface area contributed by atoms with E-state index in [1.54, 1.807) is 42.5 Å². The largest absolute Gasteiger partial charge is 0.480 e. The third-order valence-electron chi connectivity index (χ3n) is 5.66. The molecule has 0 aliphatic carbocycles. The summed E-state index contributed by atoms with van der Waals surface area (Å²) >= 11 is 0. The summed E-state index contributed by atoms with van der Waals surface area (Å²) in [6, 6.07) is 13.2. The molecule has 0 saturated heterocycles. The number of para-hydroxylation sites is 1. The Kier molecular flexibility index (Phi) is 7.45. The van der Waals surface area contributed by atoms with Gasteiger partial charge in [0, 0.05) is 30.1 Å². The topological polar surface area (TPSA) is 197 Å². The Morgan fingerprint density at radius 1 is 1.16 bits per heavy atom. The third-order valence-corrected chi connectivity index (χ3v) is 7.16. The molecule has 37 heavy (non-hydrogen) atoms. The average molecular weight is 525 g/mol. The number of amidine groups is 1. The number of nitrogens with zero attached hydrogens (tertiary/aromatic N) is 2. The van der Waals surface area contributed by atoms with Crippen molar-refractivity contribution in [3.8, 4) is 0 Å². The number of nitrogens with one attached hydrogen (secondary N) is 3. The molecule has 192 valence electrons. The van der Waals surface area contributed by atoms with Crippen LogP contribution in [-0.2, 0) is 24.4 Å². The van der Waals surface area contributed by atoms with E-state index >= 15 is 0 Å². The van der Waals surface area contributed by atoms with Gasteiger partial charge in [-0.3, -0.25) is 20.0 Å². The highest BCUT2D eigenvalue weighted by molar-refractivity contribution is 7.89. The molecule has 2 heterocycles. The van der Waals surface area contributed by atoms with Crippen molar-refractivity contribution in [2.24, 2.45) is 10.9 Å². The van der Waals surface area contributed by atoms with E-state index < -0.39 is 40.6 Å². The van der Waals surface area contributed by atoms with Crippen LogP contribution >= 0.6 is 0 Å². The van der Waals surface area contributed by atoms with Gasteiger partial charge in [-0.15, -0.1) is 0 Å². The first-order valence-corrected chi connectivity index (χ1v) is 12.7. The van der Waals surface area contributed by atoms with Crippen LogP contribution < -0.4 is 15.8 Å². The SMILES string of the molecule is N=C(N)c1ccc(C2=NOC(CC(=O)NC[C@H](NS(=O)(=O)c3cccc4cccnc34)C(=O)O)C2)cc1. The van der Waals surface area contributed by atoms with E-state index in [2.05, 4.69) is 20.2 Å². The van der Waals surface area contributed by atoms with Crippen LogP contribution in [0.3, 0.4) is 0 Å². The van der Waals surface area contributed by atoms with Crippen molar-refractivity contribution in [3.05, 3.63) is 71.9 Å². The van der Waals surface area contributed by atoms with Crippen LogP contribution in [0.1, 0.15) is 24.0 Å². The molecule has 1 aliphatic heterocycles. The molecular formula is C24H24N6O6S. The number of carboxylic acid groups (broad SMARTS) is 1. The van der Waals surface area contributed by atoms with E-state index in [1.165, 1.54) is 18.3 Å². The van der Waals surface area contributed by atoms with Crippen LogP contribution in [0, 0.1) is 5.41 Å². The minimum atomic E-state index is -4.26. The summed E-state index contributed by atoms with van der Waals surface area (Å²) < 4.78 is 28.0. The molecule has 0 saturated carbocycles. The van der Waals surface area contributed by atoms with Crippen LogP contribution in [-0.4, -0.2) is 60.6 Å². The van der Waals surface area contributed by atoms with E-state index in [-0.39, 0.29) is 22.7 Å². The van der Waals surface area contributed by atoms with Crippen molar-refractivity contribution in [2.45, 2.75) is 29.9 Å². The first kappa shape index (κ1) is 25.7. The van der Waals surface area contributed by atoms with Gasteiger partial charge < -0.3 is 21.0 Å². The molecule has 2 aromatic carbocycles. The molecule has 2 atom stereocenters. The minimum Gasteiger partial charge on any atom is -0.480 e. The number of hydrogen-bond acceptors (Lipinski definition) is 8. The van der Waals surface area contributed by atoms with Crippen LogP contribution in [0.25, 0.3) is 10.9 Å². The van der Waals surface area contributed by atoms with E-state index in [1.807, 2.05) is 0 Å². The molecule has 4 rings (SSSR count). The number of carbonyl (C=O) groups excluding carboxylic acids is 1. The predicted molar refractivity (Wildman–Crippen MR) is 135 cm³/mol. The van der Waals surface area contributed by atoms with Crippen molar-refractivity contribution in [3.63, 3.8) is 0 Å². The summed E-state index contributed by atoms with van der Waals surface area (Å²) in [5, 5.41) is 24.0. The van der Waals surface area contributed by atoms with Crippen LogP contribution in [0.15, 0.2) is 70.8 Å². The monoisotopic (exact) mass is 524 g/mol. The predicted octanol–water partition coefficient (Wildman–Crippen LogP) is 0.950. The quantitative estimate of drug-likeness (QED) is 0.191. The van der Waals surface area contributed by atoms with E-state index in [0.717, 1.165) is 5.56 Å². The molecule has 1 aromatic heterocycles. The highest BCUT2D eigenvalue weighted by atomic mass is 32.2. The lowest BCUT2D eigenvalue weighted by Gasteiger charge is -2.17. The lowest BCUT2D eigenvalue weighted by Crippen LogP contribution is -2.48. The first-order chi connectivity index (χ1) is 17.6. The zero-order valence-corrected chi connectivity index (χ0v) is 20.2. The Balaban J connectivity index is 1.33. The van der Waals surface area contributed by atoms with E-state index in [4.69, 9.17) is 16.0 Å². The summed E-state index contributed by atoms with van der Waals surface area (Å²) in [4.78, 5) is 33.4. The molecular weight excluding hydrogens is 500 g/mol. The van der Waals surface area contributed by atoms with E-state index in [9.17, 15) is 23.1 Å². The normalized spacial score (nSPS) is 16.0. The molecule has 6 N–H and O–H groups in total. The zero-order valence-electron chi connectivity index (χ0n) is 19.4. The number of nitrogen functional groups attached to an aromatic ring is 1. The van der Waals surface area contributed by atoms with Crippen molar-refractivity contribution >= 4 is 44.4 Å². The second kappa shape index (κ2) is 10.7. The fourth-order valence-electron chi connectivity index (χ4n) is 3.77. The fraction of sp³-hybridized carbons (Fsp3) is 0.208. The smallest absolute Gasteiger partial charge is 0.323 e. The van der Waals surface area contributed by atoms with Crippen LogP contribution in [0.5, 0.6) is 0 Å². The van der Waals surface area contributed by atoms with Crippen molar-refractivity contribution in [1.29, 1.82) is 5.41 Å². The van der Waals surface area contributed by atoms with Crippen LogP contribution in [0.4, 0.5) is 0 Å². The Labute approximate surface area is 212 Å². The number of carboxylic acids is 1. The Morgan fingerprint density at radius 2 is 1.89 bits per heavy atom. The summed E-state index contributed by atoms with van der Waals surface area (Å²) in [5.41, 5.74) is 7.61. The highest BCUT2D eigenvalue weighted by Gasteiger charge is 2.29. The van der Waals surface area contributed by atoms with Gasteiger partial charge in [-0.25, -0.2) is 8.42 Å². The van der Waals surface area contributed by atoms with Gasteiger partial charge in [-0.2, -0.15) is 4.72 Å².